The number of thioether (sulfide) groups is 1. The molecule has 0 spiro atoms. The number of amides is 1. The van der Waals surface area contributed by atoms with Crippen molar-refractivity contribution < 1.29 is 4.79 Å². The lowest BCUT2D eigenvalue weighted by Crippen LogP contribution is -2.42. The Morgan fingerprint density at radius 2 is 2.12 bits per heavy atom. The van der Waals surface area contributed by atoms with Crippen LogP contribution in [0.15, 0.2) is 47.9 Å². The van der Waals surface area contributed by atoms with Crippen LogP contribution in [0.4, 0.5) is 5.69 Å². The van der Waals surface area contributed by atoms with Crippen LogP contribution in [0.5, 0.6) is 0 Å². The molecule has 24 heavy (non-hydrogen) atoms. The van der Waals surface area contributed by atoms with Crippen LogP contribution in [0.25, 0.3) is 10.8 Å². The molecule has 1 saturated heterocycles. The molecule has 3 aromatic rings. The molecule has 1 aromatic carbocycles. The van der Waals surface area contributed by atoms with Crippen molar-refractivity contribution in [1.82, 2.24) is 20.0 Å². The van der Waals surface area contributed by atoms with Gasteiger partial charge in [0.05, 0.1) is 23.3 Å². The number of fused-ring (bicyclic) bond motifs is 1. The standard InChI is InChI=1S/C17H17N5OS/c1-21-11-13(10-19-21)22-8-4-7-15(17(22)23)24-16-14-6-3-2-5-12(14)9-18-20-16/h2-3,5-6,9-11,15H,4,7-8H2,1H3. The molecule has 1 amide bonds. The number of rotatable bonds is 3. The van der Waals surface area contributed by atoms with Crippen molar-refractivity contribution in [3.63, 3.8) is 0 Å². The first kappa shape index (κ1) is 15.1. The van der Waals surface area contributed by atoms with Gasteiger partial charge in [0.1, 0.15) is 5.03 Å². The van der Waals surface area contributed by atoms with E-state index in [1.165, 1.54) is 11.8 Å². The number of aromatic nitrogens is 4. The van der Waals surface area contributed by atoms with Crippen molar-refractivity contribution in [2.75, 3.05) is 11.4 Å². The summed E-state index contributed by atoms with van der Waals surface area (Å²) in [5, 5.41) is 15.3. The maximum Gasteiger partial charge on any atom is 0.240 e. The highest BCUT2D eigenvalue weighted by molar-refractivity contribution is 8.00. The number of nitrogens with zero attached hydrogens (tertiary/aromatic N) is 5. The van der Waals surface area contributed by atoms with E-state index < -0.39 is 0 Å². The zero-order valence-electron chi connectivity index (χ0n) is 13.3. The highest BCUT2D eigenvalue weighted by Gasteiger charge is 2.31. The van der Waals surface area contributed by atoms with E-state index in [0.717, 1.165) is 40.9 Å². The van der Waals surface area contributed by atoms with Crippen LogP contribution in [0, 0.1) is 0 Å². The Balaban J connectivity index is 1.60. The zero-order valence-corrected chi connectivity index (χ0v) is 14.1. The third-order valence-corrected chi connectivity index (χ3v) is 5.43. The summed E-state index contributed by atoms with van der Waals surface area (Å²) < 4.78 is 1.72. The summed E-state index contributed by atoms with van der Waals surface area (Å²) >= 11 is 1.52. The van der Waals surface area contributed by atoms with Crippen LogP contribution in [0.3, 0.4) is 0 Å². The van der Waals surface area contributed by atoms with Gasteiger partial charge in [-0.05, 0) is 12.8 Å². The van der Waals surface area contributed by atoms with Gasteiger partial charge < -0.3 is 4.90 Å². The van der Waals surface area contributed by atoms with Gasteiger partial charge in [0.15, 0.2) is 0 Å². The largest absolute Gasteiger partial charge is 0.309 e. The average Bonchev–Trinajstić information content (AvgIpc) is 3.03. The van der Waals surface area contributed by atoms with Gasteiger partial charge in [-0.3, -0.25) is 9.48 Å². The lowest BCUT2D eigenvalue weighted by Gasteiger charge is -2.30. The van der Waals surface area contributed by atoms with E-state index in [1.807, 2.05) is 42.4 Å². The molecule has 1 aliphatic heterocycles. The van der Waals surface area contributed by atoms with Crippen molar-refractivity contribution in [1.29, 1.82) is 0 Å². The molecule has 1 fully saturated rings. The second kappa shape index (κ2) is 6.24. The number of aryl methyl sites for hydroxylation is 1. The average molecular weight is 339 g/mol. The number of piperidine rings is 1. The number of hydrogen-bond donors (Lipinski definition) is 0. The molecule has 1 atom stereocenters. The number of hydrogen-bond acceptors (Lipinski definition) is 5. The molecule has 0 N–H and O–H groups in total. The van der Waals surface area contributed by atoms with Crippen LogP contribution < -0.4 is 4.90 Å². The second-order valence-electron chi connectivity index (χ2n) is 5.85. The van der Waals surface area contributed by atoms with Gasteiger partial charge in [0.2, 0.25) is 5.91 Å². The van der Waals surface area contributed by atoms with Crippen molar-refractivity contribution >= 4 is 34.1 Å². The SMILES string of the molecule is Cn1cc(N2CCCC(Sc3nncc4ccccc34)C2=O)cn1. The summed E-state index contributed by atoms with van der Waals surface area (Å²) in [4.78, 5) is 14.7. The molecular formula is C17H17N5OS. The van der Waals surface area contributed by atoms with Crippen molar-refractivity contribution in [3.05, 3.63) is 42.9 Å². The summed E-state index contributed by atoms with van der Waals surface area (Å²) in [7, 11) is 1.86. The first-order valence-electron chi connectivity index (χ1n) is 7.89. The Morgan fingerprint density at radius 3 is 2.96 bits per heavy atom. The third-order valence-electron chi connectivity index (χ3n) is 4.18. The monoisotopic (exact) mass is 339 g/mol. The third kappa shape index (κ3) is 2.75. The predicted octanol–water partition coefficient (Wildman–Crippen LogP) is 2.65. The molecule has 0 aliphatic carbocycles. The van der Waals surface area contributed by atoms with Crippen LogP contribution in [0.1, 0.15) is 12.8 Å². The molecule has 6 nitrogen and oxygen atoms in total. The Hall–Kier alpha value is -2.41. The van der Waals surface area contributed by atoms with Gasteiger partial charge >= 0.3 is 0 Å². The molecule has 2 aromatic heterocycles. The highest BCUT2D eigenvalue weighted by atomic mass is 32.2. The van der Waals surface area contributed by atoms with Crippen molar-refractivity contribution in [3.8, 4) is 0 Å². The Labute approximate surface area is 143 Å². The van der Waals surface area contributed by atoms with Crippen LogP contribution >= 0.6 is 11.8 Å². The quantitative estimate of drug-likeness (QED) is 0.734. The zero-order chi connectivity index (χ0) is 16.5. The maximum atomic E-state index is 12.9. The Bertz CT molecular complexity index is 888. The number of carbonyl (C=O) groups excluding carboxylic acids is 1. The molecule has 0 radical (unpaired) electrons. The number of benzene rings is 1. The number of carbonyl (C=O) groups is 1. The second-order valence-corrected chi connectivity index (χ2v) is 7.04. The van der Waals surface area contributed by atoms with Gasteiger partial charge in [-0.2, -0.15) is 10.2 Å². The molecular weight excluding hydrogens is 322 g/mol. The van der Waals surface area contributed by atoms with Crippen LogP contribution in [-0.4, -0.2) is 37.7 Å². The molecule has 4 rings (SSSR count). The fourth-order valence-electron chi connectivity index (χ4n) is 2.98. The van der Waals surface area contributed by atoms with Gasteiger partial charge in [-0.25, -0.2) is 0 Å². The lowest BCUT2D eigenvalue weighted by molar-refractivity contribution is -0.119. The van der Waals surface area contributed by atoms with Gasteiger partial charge in [-0.15, -0.1) is 5.10 Å². The maximum absolute atomic E-state index is 12.9. The fourth-order valence-corrected chi connectivity index (χ4v) is 4.17. The van der Waals surface area contributed by atoms with E-state index in [-0.39, 0.29) is 11.2 Å². The van der Waals surface area contributed by atoms with E-state index in [1.54, 1.807) is 17.1 Å². The predicted molar refractivity (Wildman–Crippen MR) is 94.0 cm³/mol. The van der Waals surface area contributed by atoms with Gasteiger partial charge in [-0.1, -0.05) is 36.0 Å². The van der Waals surface area contributed by atoms with E-state index in [4.69, 9.17) is 0 Å². The summed E-state index contributed by atoms with van der Waals surface area (Å²) in [5.74, 6) is 0.119. The minimum absolute atomic E-state index is 0.119. The fraction of sp³-hybridized carbons (Fsp3) is 0.294. The van der Waals surface area contributed by atoms with E-state index in [9.17, 15) is 4.79 Å². The van der Waals surface area contributed by atoms with Crippen LogP contribution in [0.2, 0.25) is 0 Å². The van der Waals surface area contributed by atoms with Crippen molar-refractivity contribution in [2.45, 2.75) is 23.1 Å². The molecule has 1 unspecified atom stereocenters. The van der Waals surface area contributed by atoms with Crippen molar-refractivity contribution in [2.24, 2.45) is 7.05 Å². The smallest absolute Gasteiger partial charge is 0.240 e. The Kier molecular flexibility index (Phi) is 3.93. The molecule has 0 saturated carbocycles. The van der Waals surface area contributed by atoms with Crippen LogP contribution in [-0.2, 0) is 11.8 Å². The van der Waals surface area contributed by atoms with E-state index in [2.05, 4.69) is 15.3 Å². The molecule has 122 valence electrons. The minimum Gasteiger partial charge on any atom is -0.309 e. The minimum atomic E-state index is -0.140. The van der Waals surface area contributed by atoms with Gasteiger partial charge in [0.25, 0.3) is 0 Å². The summed E-state index contributed by atoms with van der Waals surface area (Å²) in [6.07, 6.45) is 7.19. The summed E-state index contributed by atoms with van der Waals surface area (Å²) in [6, 6.07) is 8.00. The van der Waals surface area contributed by atoms with Gasteiger partial charge in [0, 0.05) is 30.6 Å². The molecule has 7 heteroatoms. The first-order valence-corrected chi connectivity index (χ1v) is 8.77. The topological polar surface area (TPSA) is 63.9 Å². The lowest BCUT2D eigenvalue weighted by atomic mass is 10.1. The highest BCUT2D eigenvalue weighted by Crippen LogP contribution is 2.34. The first-order chi connectivity index (χ1) is 11.7. The molecule has 1 aliphatic rings. The van der Waals surface area contributed by atoms with E-state index >= 15 is 0 Å². The van der Waals surface area contributed by atoms with E-state index in [0.29, 0.717) is 0 Å². The number of anilines is 1. The summed E-state index contributed by atoms with van der Waals surface area (Å²) in [6.45, 7) is 0.739. The normalized spacial score (nSPS) is 18.3. The Morgan fingerprint density at radius 1 is 1.25 bits per heavy atom. The molecule has 0 bridgehead atoms. The molecule has 3 heterocycles. The summed E-state index contributed by atoms with van der Waals surface area (Å²) in [5.41, 5.74) is 0.858.